The lowest BCUT2D eigenvalue weighted by Gasteiger charge is -2.19. The second-order valence-corrected chi connectivity index (χ2v) is 3.98. The molecule has 98 valence electrons. The van der Waals surface area contributed by atoms with Crippen LogP contribution in [0.25, 0.3) is 0 Å². The largest absolute Gasteiger partial charge is 0.533 e. The van der Waals surface area contributed by atoms with Crippen LogP contribution in [0, 0.1) is 0 Å². The zero-order chi connectivity index (χ0) is 13.5. The van der Waals surface area contributed by atoms with Crippen LogP contribution in [0.3, 0.4) is 0 Å². The molecule has 2 amide bonds. The number of carbonyl (C=O) groups excluding carboxylic acids is 2. The Kier molecular flexibility index (Phi) is 5.31. The van der Waals surface area contributed by atoms with Gasteiger partial charge in [0.15, 0.2) is 0 Å². The molecule has 0 unspecified atom stereocenters. The summed E-state index contributed by atoms with van der Waals surface area (Å²) in [5.74, 6) is 0. The Balaban J connectivity index is 3.00. The van der Waals surface area contributed by atoms with Crippen LogP contribution < -0.4 is 10.4 Å². The number of ether oxygens (including phenoxy) is 1. The molecule has 0 aliphatic rings. The maximum absolute atomic E-state index is 11.6. The Morgan fingerprint density at radius 3 is 2.67 bits per heavy atom. The summed E-state index contributed by atoms with van der Waals surface area (Å²) in [5, 5.41) is 3.22. The lowest BCUT2D eigenvalue weighted by molar-refractivity contribution is 0.0682. The van der Waals surface area contributed by atoms with Crippen molar-refractivity contribution in [3.63, 3.8) is 0 Å². The Bertz CT molecular complexity index is 439. The highest BCUT2D eigenvalue weighted by molar-refractivity contribution is 7.98. The Labute approximate surface area is 109 Å². The third-order valence-corrected chi connectivity index (χ3v) is 2.74. The van der Waals surface area contributed by atoms with Crippen molar-refractivity contribution < 1.29 is 19.2 Å². The van der Waals surface area contributed by atoms with Crippen LogP contribution in [0.5, 0.6) is 0 Å². The summed E-state index contributed by atoms with van der Waals surface area (Å²) in [6, 6.07) is 6.45. The average Bonchev–Trinajstić information content (AvgIpc) is 2.43. The Morgan fingerprint density at radius 2 is 2.11 bits per heavy atom. The van der Waals surface area contributed by atoms with Crippen molar-refractivity contribution in [1.82, 2.24) is 5.32 Å². The maximum Gasteiger partial charge on any atom is 0.533 e. The smallest absolute Gasteiger partial charge is 0.436 e. The Morgan fingerprint density at radius 1 is 1.39 bits per heavy atom. The molecule has 1 aromatic carbocycles. The molecular weight excluding hydrogens is 256 g/mol. The first-order chi connectivity index (χ1) is 8.62. The predicted molar refractivity (Wildman–Crippen MR) is 68.6 cm³/mol. The van der Waals surface area contributed by atoms with Crippen molar-refractivity contribution >= 4 is 29.6 Å². The van der Waals surface area contributed by atoms with Gasteiger partial charge < -0.3 is 10.1 Å². The fraction of sp³-hybridized carbons (Fsp3) is 0.273. The Hall–Kier alpha value is -1.89. The van der Waals surface area contributed by atoms with E-state index in [-0.39, 0.29) is 0 Å². The van der Waals surface area contributed by atoms with Gasteiger partial charge in [0, 0.05) is 11.9 Å². The van der Waals surface area contributed by atoms with Gasteiger partial charge in [0.1, 0.15) is 0 Å². The molecule has 0 saturated carbocycles. The topological polar surface area (TPSA) is 67.9 Å². The average molecular weight is 270 g/mol. The number of thioether (sulfide) groups is 1. The number of nitrogens with one attached hydrogen (secondary N) is 1. The molecule has 0 heterocycles. The highest BCUT2D eigenvalue weighted by Gasteiger charge is 2.20. The highest BCUT2D eigenvalue weighted by Crippen LogP contribution is 2.22. The van der Waals surface area contributed by atoms with Gasteiger partial charge >= 0.3 is 12.2 Å². The summed E-state index contributed by atoms with van der Waals surface area (Å²) in [7, 11) is 2.61. The molecule has 0 aliphatic carbocycles. The summed E-state index contributed by atoms with van der Waals surface area (Å²) < 4.78 is 4.37. The molecule has 0 fully saturated rings. The second kappa shape index (κ2) is 6.75. The number of benzene rings is 1. The summed E-state index contributed by atoms with van der Waals surface area (Å²) in [5.41, 5.74) is 0.437. The zero-order valence-corrected chi connectivity index (χ0v) is 11.1. The zero-order valence-electron chi connectivity index (χ0n) is 10.3. The number of urea groups is 1. The van der Waals surface area contributed by atoms with Gasteiger partial charge in [-0.05, 0) is 24.5 Å². The van der Waals surface area contributed by atoms with Crippen LogP contribution in [0.15, 0.2) is 29.2 Å². The van der Waals surface area contributed by atoms with Gasteiger partial charge in [0.25, 0.3) is 0 Å². The summed E-state index contributed by atoms with van der Waals surface area (Å²) in [6.07, 6.45) is 0.943. The lowest BCUT2D eigenvalue weighted by Crippen LogP contribution is -2.39. The first-order valence-electron chi connectivity index (χ1n) is 5.04. The number of nitrogens with zero attached hydrogens (tertiary/aromatic N) is 1. The van der Waals surface area contributed by atoms with E-state index in [1.54, 1.807) is 18.2 Å². The maximum atomic E-state index is 11.6. The highest BCUT2D eigenvalue weighted by atomic mass is 32.2. The SMILES string of the molecule is CNC(=O)N(OC(=O)OC)c1cccc(SC)c1. The van der Waals surface area contributed by atoms with Gasteiger partial charge in [0.2, 0.25) is 0 Å². The molecule has 1 rings (SSSR count). The van der Waals surface area contributed by atoms with E-state index >= 15 is 0 Å². The van der Waals surface area contributed by atoms with Crippen LogP contribution in [-0.4, -0.2) is 32.6 Å². The van der Waals surface area contributed by atoms with E-state index in [1.165, 1.54) is 25.9 Å². The van der Waals surface area contributed by atoms with E-state index in [0.29, 0.717) is 5.69 Å². The van der Waals surface area contributed by atoms with Crippen LogP contribution in [0.1, 0.15) is 0 Å². The number of methoxy groups -OCH3 is 1. The number of anilines is 1. The molecule has 18 heavy (non-hydrogen) atoms. The third-order valence-electron chi connectivity index (χ3n) is 2.02. The molecule has 6 nitrogen and oxygen atoms in total. The number of carbonyl (C=O) groups is 2. The molecule has 0 aliphatic heterocycles. The van der Waals surface area contributed by atoms with Crippen molar-refractivity contribution in [2.75, 3.05) is 25.5 Å². The first kappa shape index (κ1) is 14.2. The van der Waals surface area contributed by atoms with E-state index in [2.05, 4.69) is 10.1 Å². The standard InChI is InChI=1S/C11H14N2O4S/c1-12-10(14)13(17-11(15)16-2)8-5-4-6-9(7-8)18-3/h4-7H,1-3H3,(H,12,14). The number of hydrogen-bond donors (Lipinski definition) is 1. The van der Waals surface area contributed by atoms with Gasteiger partial charge in [-0.3, -0.25) is 4.84 Å². The minimum absolute atomic E-state index is 0.437. The second-order valence-electron chi connectivity index (χ2n) is 3.10. The normalized spacial score (nSPS) is 9.50. The minimum atomic E-state index is -0.965. The summed E-state index contributed by atoms with van der Waals surface area (Å²) in [4.78, 5) is 28.5. The van der Waals surface area contributed by atoms with E-state index < -0.39 is 12.2 Å². The van der Waals surface area contributed by atoms with Crippen LogP contribution >= 0.6 is 11.8 Å². The predicted octanol–water partition coefficient (Wildman–Crippen LogP) is 2.25. The van der Waals surface area contributed by atoms with Crippen LogP contribution in [0.4, 0.5) is 15.3 Å². The van der Waals surface area contributed by atoms with Gasteiger partial charge in [-0.2, -0.15) is 0 Å². The third kappa shape index (κ3) is 3.56. The van der Waals surface area contributed by atoms with E-state index in [0.717, 1.165) is 9.96 Å². The molecule has 1 aromatic rings. The number of hydroxylamine groups is 1. The molecule has 1 N–H and O–H groups in total. The molecule has 0 aromatic heterocycles. The molecule has 0 spiro atoms. The van der Waals surface area contributed by atoms with Crippen LogP contribution in [0.2, 0.25) is 0 Å². The van der Waals surface area contributed by atoms with Gasteiger partial charge in [-0.15, -0.1) is 16.8 Å². The van der Waals surface area contributed by atoms with E-state index in [4.69, 9.17) is 4.84 Å². The monoisotopic (exact) mass is 270 g/mol. The van der Waals surface area contributed by atoms with Crippen molar-refractivity contribution in [3.8, 4) is 0 Å². The van der Waals surface area contributed by atoms with Crippen LogP contribution in [-0.2, 0) is 9.57 Å². The van der Waals surface area contributed by atoms with E-state index in [1.807, 2.05) is 12.3 Å². The molecule has 0 radical (unpaired) electrons. The van der Waals surface area contributed by atoms with Crippen molar-refractivity contribution in [3.05, 3.63) is 24.3 Å². The quantitative estimate of drug-likeness (QED) is 0.507. The molecule has 0 saturated heterocycles. The fourth-order valence-electron chi connectivity index (χ4n) is 1.16. The fourth-order valence-corrected chi connectivity index (χ4v) is 1.61. The number of amides is 2. The molecule has 7 heteroatoms. The van der Waals surface area contributed by atoms with Gasteiger partial charge in [-0.25, -0.2) is 9.59 Å². The lowest BCUT2D eigenvalue weighted by atomic mass is 10.3. The number of rotatable bonds is 2. The summed E-state index contributed by atoms with van der Waals surface area (Å²) in [6.45, 7) is 0. The first-order valence-corrected chi connectivity index (χ1v) is 6.26. The van der Waals surface area contributed by atoms with Gasteiger partial charge in [0.05, 0.1) is 12.8 Å². The minimum Gasteiger partial charge on any atom is -0.436 e. The molecular formula is C11H14N2O4S. The molecule has 0 bridgehead atoms. The van der Waals surface area contributed by atoms with Gasteiger partial charge in [-0.1, -0.05) is 6.07 Å². The summed E-state index contributed by atoms with van der Waals surface area (Å²) >= 11 is 1.51. The molecule has 0 atom stereocenters. The van der Waals surface area contributed by atoms with E-state index in [9.17, 15) is 9.59 Å². The van der Waals surface area contributed by atoms with Crippen molar-refractivity contribution in [2.45, 2.75) is 4.90 Å². The number of hydrogen-bond acceptors (Lipinski definition) is 5. The van der Waals surface area contributed by atoms with Crippen molar-refractivity contribution in [1.29, 1.82) is 0 Å². The van der Waals surface area contributed by atoms with Crippen molar-refractivity contribution in [2.24, 2.45) is 0 Å².